The molecule has 134 valence electrons. The molecule has 1 amide bonds. The van der Waals surface area contributed by atoms with Crippen LogP contribution in [0.3, 0.4) is 0 Å². The lowest BCUT2D eigenvalue weighted by molar-refractivity contribution is -0.120. The van der Waals surface area contributed by atoms with Crippen LogP contribution in [0, 0.1) is 17.1 Å². The second-order valence-electron chi connectivity index (χ2n) is 6.32. The quantitative estimate of drug-likeness (QED) is 0.919. The molecule has 5 nitrogen and oxygen atoms in total. The predicted molar refractivity (Wildman–Crippen MR) is 99.4 cm³/mol. The second kappa shape index (κ2) is 7.98. The molecule has 1 atom stereocenters. The molecule has 0 unspecified atom stereocenters. The molecule has 0 saturated carbocycles. The van der Waals surface area contributed by atoms with Crippen molar-refractivity contribution in [3.05, 3.63) is 59.9 Å². The Morgan fingerprint density at radius 3 is 2.42 bits per heavy atom. The van der Waals surface area contributed by atoms with Crippen LogP contribution in [0.1, 0.15) is 12.5 Å². The number of nitrogens with one attached hydrogen (secondary N) is 1. The molecule has 0 spiro atoms. The zero-order valence-corrected chi connectivity index (χ0v) is 14.7. The Bertz CT molecular complexity index is 807. The third-order valence-electron chi connectivity index (χ3n) is 4.74. The minimum absolute atomic E-state index is 0.122. The van der Waals surface area contributed by atoms with Gasteiger partial charge in [0.25, 0.3) is 0 Å². The summed E-state index contributed by atoms with van der Waals surface area (Å²) in [5.41, 5.74) is 1.98. The molecule has 26 heavy (non-hydrogen) atoms. The van der Waals surface area contributed by atoms with Gasteiger partial charge >= 0.3 is 0 Å². The summed E-state index contributed by atoms with van der Waals surface area (Å²) in [6.45, 7) is 4.91. The highest BCUT2D eigenvalue weighted by Gasteiger charge is 2.26. The summed E-state index contributed by atoms with van der Waals surface area (Å²) in [6.07, 6.45) is 0. The van der Waals surface area contributed by atoms with E-state index in [2.05, 4.69) is 21.2 Å². The number of rotatable bonds is 4. The number of hydrogen-bond acceptors (Lipinski definition) is 4. The van der Waals surface area contributed by atoms with E-state index in [9.17, 15) is 9.18 Å². The molecule has 3 rings (SSSR count). The van der Waals surface area contributed by atoms with Gasteiger partial charge in [0.15, 0.2) is 0 Å². The first-order valence-corrected chi connectivity index (χ1v) is 8.63. The molecular formula is C20H21FN4O. The maximum atomic E-state index is 13.1. The molecule has 1 heterocycles. The highest BCUT2D eigenvalue weighted by molar-refractivity contribution is 5.95. The lowest BCUT2D eigenvalue weighted by Gasteiger charge is -2.38. The Morgan fingerprint density at radius 2 is 1.77 bits per heavy atom. The fourth-order valence-corrected chi connectivity index (χ4v) is 3.11. The van der Waals surface area contributed by atoms with Gasteiger partial charge in [0.1, 0.15) is 11.9 Å². The van der Waals surface area contributed by atoms with Gasteiger partial charge in [-0.25, -0.2) is 4.39 Å². The third-order valence-corrected chi connectivity index (χ3v) is 4.74. The van der Waals surface area contributed by atoms with E-state index < -0.39 is 0 Å². The first-order valence-electron chi connectivity index (χ1n) is 8.63. The average molecular weight is 352 g/mol. The van der Waals surface area contributed by atoms with Crippen LogP contribution in [0.15, 0.2) is 48.5 Å². The van der Waals surface area contributed by atoms with E-state index in [1.807, 2.05) is 6.92 Å². The number of anilines is 2. The topological polar surface area (TPSA) is 59.4 Å². The van der Waals surface area contributed by atoms with Crippen LogP contribution >= 0.6 is 0 Å². The molecule has 0 aliphatic carbocycles. The summed E-state index contributed by atoms with van der Waals surface area (Å²) in [4.78, 5) is 16.9. The highest BCUT2D eigenvalue weighted by Crippen LogP contribution is 2.19. The first kappa shape index (κ1) is 17.9. The summed E-state index contributed by atoms with van der Waals surface area (Å²) in [7, 11) is 0. The monoisotopic (exact) mass is 352 g/mol. The summed E-state index contributed by atoms with van der Waals surface area (Å²) >= 11 is 0. The highest BCUT2D eigenvalue weighted by atomic mass is 19.1. The Hall–Kier alpha value is -2.91. The normalized spacial score (nSPS) is 16.0. The van der Waals surface area contributed by atoms with Gasteiger partial charge in [0, 0.05) is 31.9 Å². The Labute approximate surface area is 152 Å². The fourth-order valence-electron chi connectivity index (χ4n) is 3.11. The van der Waals surface area contributed by atoms with Crippen molar-refractivity contribution in [2.45, 2.75) is 13.0 Å². The van der Waals surface area contributed by atoms with Crippen LogP contribution < -0.4 is 10.2 Å². The van der Waals surface area contributed by atoms with E-state index >= 15 is 0 Å². The van der Waals surface area contributed by atoms with Gasteiger partial charge in [0.05, 0.1) is 17.3 Å². The van der Waals surface area contributed by atoms with Crippen molar-refractivity contribution in [2.75, 3.05) is 36.4 Å². The van der Waals surface area contributed by atoms with Crippen LogP contribution in [0.25, 0.3) is 0 Å². The maximum absolute atomic E-state index is 13.1. The molecule has 0 bridgehead atoms. The molecule has 1 aliphatic rings. The van der Waals surface area contributed by atoms with Crippen LogP contribution in [-0.4, -0.2) is 43.0 Å². The first-order chi connectivity index (χ1) is 12.6. The number of nitrogens with zero attached hydrogens (tertiary/aromatic N) is 3. The average Bonchev–Trinajstić information content (AvgIpc) is 2.68. The van der Waals surface area contributed by atoms with E-state index in [4.69, 9.17) is 5.26 Å². The van der Waals surface area contributed by atoms with Gasteiger partial charge in [0.2, 0.25) is 5.91 Å². The number of nitriles is 1. The Kier molecular flexibility index (Phi) is 5.49. The molecule has 0 radical (unpaired) electrons. The third kappa shape index (κ3) is 4.01. The van der Waals surface area contributed by atoms with Crippen molar-refractivity contribution < 1.29 is 9.18 Å². The van der Waals surface area contributed by atoms with E-state index in [1.54, 1.807) is 36.4 Å². The zero-order valence-electron chi connectivity index (χ0n) is 14.7. The molecule has 0 aromatic heterocycles. The standard InChI is InChI=1S/C20H21FN4O/c1-15(20(26)23-19-5-3-2-4-16(19)14-22)24-10-12-25(13-11-24)18-8-6-17(21)7-9-18/h2-9,15H,10-13H2,1H3,(H,23,26)/t15-/m1/s1. The van der Waals surface area contributed by atoms with Gasteiger partial charge in [-0.05, 0) is 43.3 Å². The maximum Gasteiger partial charge on any atom is 0.241 e. The molecule has 2 aromatic rings. The van der Waals surface area contributed by atoms with Crippen molar-refractivity contribution in [2.24, 2.45) is 0 Å². The number of halogens is 1. The van der Waals surface area contributed by atoms with Gasteiger partial charge in [-0.2, -0.15) is 5.26 Å². The van der Waals surface area contributed by atoms with E-state index in [-0.39, 0.29) is 17.8 Å². The summed E-state index contributed by atoms with van der Waals surface area (Å²) in [5.74, 6) is -0.363. The minimum atomic E-state index is -0.294. The van der Waals surface area contributed by atoms with Crippen LogP contribution in [0.4, 0.5) is 15.8 Å². The summed E-state index contributed by atoms with van der Waals surface area (Å²) in [6, 6.07) is 15.3. The lowest BCUT2D eigenvalue weighted by atomic mass is 10.1. The van der Waals surface area contributed by atoms with Crippen molar-refractivity contribution in [1.82, 2.24) is 4.90 Å². The van der Waals surface area contributed by atoms with Gasteiger partial charge in [-0.1, -0.05) is 12.1 Å². The second-order valence-corrected chi connectivity index (χ2v) is 6.32. The molecule has 1 N–H and O–H groups in total. The van der Waals surface area contributed by atoms with E-state index in [0.717, 1.165) is 31.9 Å². The Morgan fingerprint density at radius 1 is 1.12 bits per heavy atom. The van der Waals surface area contributed by atoms with Crippen LogP contribution in [-0.2, 0) is 4.79 Å². The molecule has 1 aliphatic heterocycles. The number of hydrogen-bond donors (Lipinski definition) is 1. The number of para-hydroxylation sites is 1. The van der Waals surface area contributed by atoms with Crippen molar-refractivity contribution in [3.8, 4) is 6.07 Å². The largest absolute Gasteiger partial charge is 0.369 e. The molecule has 1 fully saturated rings. The molecule has 1 saturated heterocycles. The zero-order chi connectivity index (χ0) is 18.5. The summed E-state index contributed by atoms with van der Waals surface area (Å²) < 4.78 is 13.1. The van der Waals surface area contributed by atoms with E-state index in [0.29, 0.717) is 11.3 Å². The van der Waals surface area contributed by atoms with Gasteiger partial charge < -0.3 is 10.2 Å². The van der Waals surface area contributed by atoms with Gasteiger partial charge in [-0.3, -0.25) is 9.69 Å². The smallest absolute Gasteiger partial charge is 0.241 e. The van der Waals surface area contributed by atoms with E-state index in [1.165, 1.54) is 12.1 Å². The number of carbonyl (C=O) groups is 1. The predicted octanol–water partition coefficient (Wildman–Crippen LogP) is 2.85. The Balaban J connectivity index is 1.57. The lowest BCUT2D eigenvalue weighted by Crippen LogP contribution is -2.52. The SMILES string of the molecule is C[C@H](C(=O)Nc1ccccc1C#N)N1CCN(c2ccc(F)cc2)CC1. The van der Waals surface area contributed by atoms with Crippen molar-refractivity contribution >= 4 is 17.3 Å². The molecule has 2 aromatic carbocycles. The van der Waals surface area contributed by atoms with Crippen molar-refractivity contribution in [3.63, 3.8) is 0 Å². The van der Waals surface area contributed by atoms with Crippen LogP contribution in [0.2, 0.25) is 0 Å². The molecular weight excluding hydrogens is 331 g/mol. The fraction of sp³-hybridized carbons (Fsp3) is 0.300. The van der Waals surface area contributed by atoms with Crippen molar-refractivity contribution in [1.29, 1.82) is 5.26 Å². The van der Waals surface area contributed by atoms with Gasteiger partial charge in [-0.15, -0.1) is 0 Å². The number of carbonyl (C=O) groups excluding carboxylic acids is 1. The van der Waals surface area contributed by atoms with Crippen LogP contribution in [0.5, 0.6) is 0 Å². The molecule has 6 heteroatoms. The number of piperazine rings is 1. The number of amides is 1. The minimum Gasteiger partial charge on any atom is -0.369 e. The number of benzene rings is 2. The summed E-state index contributed by atoms with van der Waals surface area (Å²) in [5, 5.41) is 12.0.